The highest BCUT2D eigenvalue weighted by Gasteiger charge is 2.59. The maximum atomic E-state index is 13.2. The fourth-order valence-corrected chi connectivity index (χ4v) is 7.05. The molecule has 5 atom stereocenters. The van der Waals surface area contributed by atoms with E-state index in [0.717, 1.165) is 49.3 Å². The molecule has 2 fully saturated rings. The predicted molar refractivity (Wildman–Crippen MR) is 110 cm³/mol. The molecule has 2 heterocycles. The quantitative estimate of drug-likeness (QED) is 0.715. The first-order valence-corrected chi connectivity index (χ1v) is 11.4. The number of rotatable bonds is 3. The van der Waals surface area contributed by atoms with Crippen molar-refractivity contribution in [3.05, 3.63) is 10.6 Å². The molecule has 4 rings (SSSR count). The maximum Gasteiger partial charge on any atom is 0.223 e. The largest absolute Gasteiger partial charge is 0.396 e. The van der Waals surface area contributed by atoms with Gasteiger partial charge in [0.25, 0.3) is 0 Å². The van der Waals surface area contributed by atoms with E-state index < -0.39 is 11.5 Å². The zero-order valence-electron chi connectivity index (χ0n) is 17.0. The molecule has 5 unspecified atom stereocenters. The second-order valence-corrected chi connectivity index (χ2v) is 10.7. The van der Waals surface area contributed by atoms with Crippen LogP contribution in [0.15, 0.2) is 0 Å². The minimum absolute atomic E-state index is 0.0115. The molecule has 7 heteroatoms. The van der Waals surface area contributed by atoms with E-state index in [4.69, 9.17) is 5.73 Å². The summed E-state index contributed by atoms with van der Waals surface area (Å²) in [5.74, 6) is 0.295. The molecule has 6 nitrogen and oxygen atoms in total. The van der Waals surface area contributed by atoms with E-state index in [-0.39, 0.29) is 29.8 Å². The van der Waals surface area contributed by atoms with Gasteiger partial charge in [0.1, 0.15) is 0 Å². The number of aromatic nitrogens is 1. The molecule has 1 saturated heterocycles. The number of aliphatic hydroxyl groups is 2. The Hall–Kier alpha value is -1.18. The highest BCUT2D eigenvalue weighted by Crippen LogP contribution is 2.62. The molecule has 1 aromatic heterocycles. The molecule has 1 aliphatic heterocycles. The first kappa shape index (κ1) is 20.1. The number of anilines is 1. The highest BCUT2D eigenvalue weighted by molar-refractivity contribution is 7.15. The lowest BCUT2D eigenvalue weighted by Gasteiger charge is -2.58. The van der Waals surface area contributed by atoms with Crippen molar-refractivity contribution in [3.63, 3.8) is 0 Å². The molecule has 4 N–H and O–H groups in total. The van der Waals surface area contributed by atoms with Gasteiger partial charge in [-0.05, 0) is 49.9 Å². The number of aliphatic hydroxyl groups excluding tert-OH is 2. The topological polar surface area (TPSA) is 99.7 Å². The summed E-state index contributed by atoms with van der Waals surface area (Å²) in [5, 5.41) is 21.5. The minimum atomic E-state index is -0.574. The van der Waals surface area contributed by atoms with Gasteiger partial charge in [0.05, 0.1) is 18.4 Å². The summed E-state index contributed by atoms with van der Waals surface area (Å²) >= 11 is 1.50. The molecule has 28 heavy (non-hydrogen) atoms. The van der Waals surface area contributed by atoms with Crippen LogP contribution in [0.3, 0.4) is 0 Å². The van der Waals surface area contributed by atoms with Gasteiger partial charge in [-0.25, -0.2) is 4.98 Å². The Morgan fingerprint density at radius 1 is 1.32 bits per heavy atom. The Balaban J connectivity index is 1.71. The normalized spacial score (nSPS) is 38.0. The average molecular weight is 408 g/mol. The molecule has 3 aliphatic rings. The van der Waals surface area contributed by atoms with Crippen LogP contribution in [-0.4, -0.2) is 51.8 Å². The number of likely N-dealkylation sites (tertiary alicyclic amines) is 1. The molecule has 1 aromatic rings. The van der Waals surface area contributed by atoms with Crippen LogP contribution in [0.25, 0.3) is 0 Å². The van der Waals surface area contributed by atoms with Gasteiger partial charge in [-0.15, -0.1) is 11.3 Å². The van der Waals surface area contributed by atoms with Crippen LogP contribution in [-0.2, 0) is 11.2 Å². The van der Waals surface area contributed by atoms with Crippen LogP contribution < -0.4 is 5.73 Å². The third kappa shape index (κ3) is 3.06. The molecule has 0 aromatic carbocycles. The number of piperidine rings is 1. The number of hydrogen-bond acceptors (Lipinski definition) is 6. The van der Waals surface area contributed by atoms with E-state index in [2.05, 4.69) is 11.9 Å². The summed E-state index contributed by atoms with van der Waals surface area (Å²) < 4.78 is 0. The number of fused-ring (bicyclic) bond motifs is 2. The molecule has 156 valence electrons. The van der Waals surface area contributed by atoms with Crippen LogP contribution in [0.4, 0.5) is 5.13 Å². The SMILES string of the molecule is CC1(CO)C(O)CCC2(C)C(CC(=O)N3CCCCC3)c3nc(N)sc3CC12. The second-order valence-electron chi connectivity index (χ2n) is 9.54. The van der Waals surface area contributed by atoms with Gasteiger partial charge in [-0.3, -0.25) is 4.79 Å². The molecule has 0 radical (unpaired) electrons. The number of thiazole rings is 1. The minimum Gasteiger partial charge on any atom is -0.396 e. The number of carbonyl (C=O) groups excluding carboxylic acids is 1. The van der Waals surface area contributed by atoms with Gasteiger partial charge in [0.15, 0.2) is 5.13 Å². The van der Waals surface area contributed by atoms with E-state index in [0.29, 0.717) is 18.0 Å². The van der Waals surface area contributed by atoms with Crippen molar-refractivity contribution in [2.24, 2.45) is 16.7 Å². The van der Waals surface area contributed by atoms with Crippen molar-refractivity contribution in [1.29, 1.82) is 0 Å². The van der Waals surface area contributed by atoms with Crippen molar-refractivity contribution >= 4 is 22.4 Å². The summed E-state index contributed by atoms with van der Waals surface area (Å²) in [4.78, 5) is 21.0. The second kappa shape index (κ2) is 7.26. The zero-order chi connectivity index (χ0) is 20.1. The van der Waals surface area contributed by atoms with Crippen LogP contribution >= 0.6 is 11.3 Å². The van der Waals surface area contributed by atoms with Crippen molar-refractivity contribution in [2.75, 3.05) is 25.4 Å². The molecular weight excluding hydrogens is 374 g/mol. The fourth-order valence-electron chi connectivity index (χ4n) is 6.11. The third-order valence-electron chi connectivity index (χ3n) is 8.00. The van der Waals surface area contributed by atoms with Crippen LogP contribution in [0.1, 0.15) is 68.9 Å². The number of carbonyl (C=O) groups is 1. The lowest BCUT2D eigenvalue weighted by atomic mass is 9.47. The number of nitrogens with two attached hydrogens (primary N) is 1. The number of nitrogen functional groups attached to an aromatic ring is 1. The molecular formula is C21H33N3O3S. The van der Waals surface area contributed by atoms with E-state index >= 15 is 0 Å². The Morgan fingerprint density at radius 2 is 2.04 bits per heavy atom. The molecule has 0 bridgehead atoms. The monoisotopic (exact) mass is 407 g/mol. The van der Waals surface area contributed by atoms with Gasteiger partial charge in [0, 0.05) is 35.7 Å². The summed E-state index contributed by atoms with van der Waals surface area (Å²) in [5.41, 5.74) is 6.30. The van der Waals surface area contributed by atoms with Crippen molar-refractivity contribution in [1.82, 2.24) is 9.88 Å². The van der Waals surface area contributed by atoms with E-state index in [1.54, 1.807) is 0 Å². The van der Waals surface area contributed by atoms with Gasteiger partial charge >= 0.3 is 0 Å². The number of nitrogens with zero attached hydrogens (tertiary/aromatic N) is 2. The lowest BCUT2D eigenvalue weighted by molar-refractivity contribution is -0.147. The fraction of sp³-hybridized carbons (Fsp3) is 0.810. The van der Waals surface area contributed by atoms with Crippen LogP contribution in [0.2, 0.25) is 0 Å². The standard InChI is InChI=1S/C21H33N3O3S/c1-20-7-6-16(26)21(2,12-25)15(20)11-14-18(23-19(22)28-14)13(20)10-17(27)24-8-4-3-5-9-24/h13,15-16,25-26H,3-12H2,1-2H3,(H2,22,23). The highest BCUT2D eigenvalue weighted by atomic mass is 32.1. The van der Waals surface area contributed by atoms with E-state index in [1.165, 1.54) is 17.8 Å². The smallest absolute Gasteiger partial charge is 0.223 e. The van der Waals surface area contributed by atoms with Gasteiger partial charge in [-0.1, -0.05) is 13.8 Å². The van der Waals surface area contributed by atoms with Crippen molar-refractivity contribution in [3.8, 4) is 0 Å². The first-order valence-electron chi connectivity index (χ1n) is 10.6. The van der Waals surface area contributed by atoms with E-state index in [1.807, 2.05) is 11.8 Å². The van der Waals surface area contributed by atoms with E-state index in [9.17, 15) is 15.0 Å². The summed E-state index contributed by atoms with van der Waals surface area (Å²) in [7, 11) is 0. The van der Waals surface area contributed by atoms with Crippen LogP contribution in [0.5, 0.6) is 0 Å². The third-order valence-corrected chi connectivity index (χ3v) is 8.92. The van der Waals surface area contributed by atoms with Gasteiger partial charge in [-0.2, -0.15) is 0 Å². The van der Waals surface area contributed by atoms with Crippen LogP contribution in [0, 0.1) is 16.7 Å². The van der Waals surface area contributed by atoms with Crippen molar-refractivity contribution in [2.45, 2.75) is 70.8 Å². The molecule has 0 spiro atoms. The molecule has 2 aliphatic carbocycles. The average Bonchev–Trinajstić information content (AvgIpc) is 3.07. The Labute approximate surface area is 171 Å². The zero-order valence-corrected chi connectivity index (χ0v) is 17.8. The summed E-state index contributed by atoms with van der Waals surface area (Å²) in [6, 6.07) is 0. The summed E-state index contributed by atoms with van der Waals surface area (Å²) in [6.07, 6.45) is 5.54. The molecule has 1 saturated carbocycles. The van der Waals surface area contributed by atoms with Gasteiger partial charge in [0.2, 0.25) is 5.91 Å². The Morgan fingerprint density at radius 3 is 2.71 bits per heavy atom. The lowest BCUT2D eigenvalue weighted by Crippen LogP contribution is -2.57. The predicted octanol–water partition coefficient (Wildman–Crippen LogP) is 2.54. The van der Waals surface area contributed by atoms with Crippen molar-refractivity contribution < 1.29 is 15.0 Å². The Bertz CT molecular complexity index is 747. The number of amides is 1. The maximum absolute atomic E-state index is 13.2. The first-order chi connectivity index (χ1) is 13.3. The van der Waals surface area contributed by atoms with Gasteiger partial charge < -0.3 is 20.8 Å². The summed E-state index contributed by atoms with van der Waals surface area (Å²) in [6.45, 7) is 5.89. The number of hydrogen-bond donors (Lipinski definition) is 3. The Kier molecular flexibility index (Phi) is 5.21. The molecule has 1 amide bonds.